The van der Waals surface area contributed by atoms with Crippen molar-refractivity contribution in [3.05, 3.63) is 23.3 Å². The van der Waals surface area contributed by atoms with E-state index in [1.165, 1.54) is 14.2 Å². The molecule has 0 fully saturated rings. The topological polar surface area (TPSA) is 72.8 Å². The lowest BCUT2D eigenvalue weighted by molar-refractivity contribution is -0.137. The second-order valence-electron chi connectivity index (χ2n) is 4.23. The number of Topliss-reactive ketones (excluding diaryl/α,β-unsaturated/α-hetero) is 1. The predicted octanol–water partition coefficient (Wildman–Crippen LogP) is 1.53. The molecule has 96 valence electrons. The summed E-state index contributed by atoms with van der Waals surface area (Å²) >= 11 is 0. The number of methoxy groups -OCH3 is 2. The Morgan fingerprint density at radius 1 is 1.33 bits per heavy atom. The Bertz CT molecular complexity index is 506. The zero-order valence-electron chi connectivity index (χ0n) is 10.2. The third-order valence-electron chi connectivity index (χ3n) is 3.13. The highest BCUT2D eigenvalue weighted by Crippen LogP contribution is 2.37. The maximum Gasteiger partial charge on any atom is 0.304 e. The molecule has 1 N–H and O–H groups in total. The second-order valence-corrected chi connectivity index (χ2v) is 4.23. The molecule has 0 bridgehead atoms. The molecular formula is C13H14O5. The minimum atomic E-state index is -0.958. The van der Waals surface area contributed by atoms with Crippen LogP contribution in [0.15, 0.2) is 12.1 Å². The number of ether oxygens (including phenoxy) is 2. The van der Waals surface area contributed by atoms with Gasteiger partial charge in [0, 0.05) is 11.5 Å². The second kappa shape index (κ2) is 4.68. The maximum atomic E-state index is 12.0. The van der Waals surface area contributed by atoms with Crippen molar-refractivity contribution in [1.82, 2.24) is 0 Å². The largest absolute Gasteiger partial charge is 0.493 e. The Morgan fingerprint density at radius 3 is 2.50 bits per heavy atom. The van der Waals surface area contributed by atoms with Crippen molar-refractivity contribution in [2.45, 2.75) is 12.8 Å². The van der Waals surface area contributed by atoms with Gasteiger partial charge in [0.2, 0.25) is 0 Å². The number of carboxylic acid groups (broad SMARTS) is 1. The van der Waals surface area contributed by atoms with Gasteiger partial charge in [-0.1, -0.05) is 0 Å². The van der Waals surface area contributed by atoms with Crippen LogP contribution in [0.3, 0.4) is 0 Å². The molecule has 1 aromatic rings. The van der Waals surface area contributed by atoms with Gasteiger partial charge in [0.1, 0.15) is 0 Å². The maximum absolute atomic E-state index is 12.0. The molecule has 0 aromatic heterocycles. The van der Waals surface area contributed by atoms with Crippen LogP contribution in [0, 0.1) is 5.92 Å². The van der Waals surface area contributed by atoms with Crippen molar-refractivity contribution in [1.29, 1.82) is 0 Å². The van der Waals surface area contributed by atoms with Gasteiger partial charge in [-0.15, -0.1) is 0 Å². The lowest BCUT2D eigenvalue weighted by atomic mass is 10.0. The Balaban J connectivity index is 2.36. The van der Waals surface area contributed by atoms with E-state index in [1.807, 2.05) is 0 Å². The van der Waals surface area contributed by atoms with Crippen LogP contribution >= 0.6 is 0 Å². The van der Waals surface area contributed by atoms with Crippen molar-refractivity contribution < 1.29 is 24.2 Å². The van der Waals surface area contributed by atoms with Crippen LogP contribution in [0.25, 0.3) is 0 Å². The van der Waals surface area contributed by atoms with Crippen LogP contribution in [0.1, 0.15) is 22.3 Å². The Kier molecular flexibility index (Phi) is 3.23. The molecule has 1 aliphatic rings. The van der Waals surface area contributed by atoms with Gasteiger partial charge in [-0.25, -0.2) is 0 Å². The van der Waals surface area contributed by atoms with E-state index in [-0.39, 0.29) is 12.2 Å². The summed E-state index contributed by atoms with van der Waals surface area (Å²) in [6, 6.07) is 3.37. The van der Waals surface area contributed by atoms with Crippen LogP contribution in [0.5, 0.6) is 11.5 Å². The summed E-state index contributed by atoms with van der Waals surface area (Å²) < 4.78 is 10.3. The van der Waals surface area contributed by atoms with E-state index in [9.17, 15) is 9.59 Å². The summed E-state index contributed by atoms with van der Waals surface area (Å²) in [5.41, 5.74) is 1.36. The number of carbonyl (C=O) groups excluding carboxylic acids is 1. The van der Waals surface area contributed by atoms with Crippen molar-refractivity contribution in [2.24, 2.45) is 5.92 Å². The number of carbonyl (C=O) groups is 2. The van der Waals surface area contributed by atoms with Gasteiger partial charge in [0.15, 0.2) is 17.3 Å². The fourth-order valence-electron chi connectivity index (χ4n) is 2.27. The SMILES string of the molecule is COc1cc2c(cc1OC)C(=O)C(CC(=O)O)C2. The van der Waals surface area contributed by atoms with Crippen LogP contribution in [0.4, 0.5) is 0 Å². The first-order chi connectivity index (χ1) is 8.56. The molecule has 0 spiro atoms. The number of rotatable bonds is 4. The minimum absolute atomic E-state index is 0.131. The fraction of sp³-hybridized carbons (Fsp3) is 0.385. The third-order valence-corrected chi connectivity index (χ3v) is 3.13. The Labute approximate surface area is 104 Å². The molecule has 0 amide bonds. The molecule has 1 unspecified atom stereocenters. The molecule has 0 radical (unpaired) electrons. The monoisotopic (exact) mass is 250 g/mol. The molecule has 0 heterocycles. The molecule has 5 nitrogen and oxygen atoms in total. The fourth-order valence-corrected chi connectivity index (χ4v) is 2.27. The number of hydrogen-bond donors (Lipinski definition) is 1. The van der Waals surface area contributed by atoms with Gasteiger partial charge in [0.25, 0.3) is 0 Å². The van der Waals surface area contributed by atoms with Crippen molar-refractivity contribution >= 4 is 11.8 Å². The van der Waals surface area contributed by atoms with Crippen molar-refractivity contribution in [3.63, 3.8) is 0 Å². The molecule has 1 atom stereocenters. The highest BCUT2D eigenvalue weighted by Gasteiger charge is 2.33. The molecular weight excluding hydrogens is 236 g/mol. The zero-order chi connectivity index (χ0) is 13.3. The predicted molar refractivity (Wildman–Crippen MR) is 63.3 cm³/mol. The smallest absolute Gasteiger partial charge is 0.304 e. The average Bonchev–Trinajstić information content (AvgIpc) is 2.63. The van der Waals surface area contributed by atoms with Gasteiger partial charge in [-0.2, -0.15) is 0 Å². The van der Waals surface area contributed by atoms with Gasteiger partial charge >= 0.3 is 5.97 Å². The number of aliphatic carboxylic acids is 1. The zero-order valence-corrected chi connectivity index (χ0v) is 10.2. The summed E-state index contributed by atoms with van der Waals surface area (Å²) in [5, 5.41) is 8.77. The molecule has 1 aliphatic carbocycles. The Morgan fingerprint density at radius 2 is 1.94 bits per heavy atom. The number of ketones is 1. The van der Waals surface area contributed by atoms with Gasteiger partial charge < -0.3 is 14.6 Å². The minimum Gasteiger partial charge on any atom is -0.493 e. The average molecular weight is 250 g/mol. The van der Waals surface area contributed by atoms with Crippen molar-refractivity contribution in [3.8, 4) is 11.5 Å². The van der Waals surface area contributed by atoms with Gasteiger partial charge in [-0.3, -0.25) is 9.59 Å². The standard InChI is InChI=1S/C13H14O5/c1-17-10-4-7-3-8(5-12(14)15)13(16)9(7)6-11(10)18-2/h4,6,8H,3,5H2,1-2H3,(H,14,15). The molecule has 2 rings (SSSR count). The molecule has 1 aromatic carbocycles. The van der Waals surface area contributed by atoms with E-state index in [2.05, 4.69) is 0 Å². The van der Waals surface area contributed by atoms with Gasteiger partial charge in [-0.05, 0) is 24.1 Å². The summed E-state index contributed by atoms with van der Waals surface area (Å²) in [7, 11) is 3.02. The van der Waals surface area contributed by atoms with Crippen LogP contribution in [-0.2, 0) is 11.2 Å². The Hall–Kier alpha value is -2.04. The molecule has 0 aliphatic heterocycles. The molecule has 5 heteroatoms. The van der Waals surface area contributed by atoms with Crippen LogP contribution in [0.2, 0.25) is 0 Å². The highest BCUT2D eigenvalue weighted by atomic mass is 16.5. The van der Waals surface area contributed by atoms with E-state index in [0.29, 0.717) is 23.5 Å². The number of benzene rings is 1. The molecule has 0 saturated heterocycles. The quantitative estimate of drug-likeness (QED) is 0.877. The van der Waals surface area contributed by atoms with E-state index >= 15 is 0 Å². The normalized spacial score (nSPS) is 17.4. The summed E-state index contributed by atoms with van der Waals surface area (Å²) in [5.74, 6) is -0.525. The summed E-state index contributed by atoms with van der Waals surface area (Å²) in [6.07, 6.45) is 0.305. The van der Waals surface area contributed by atoms with Crippen LogP contribution < -0.4 is 9.47 Å². The molecule has 0 saturated carbocycles. The third kappa shape index (κ3) is 2.03. The number of fused-ring (bicyclic) bond motifs is 1. The summed E-state index contributed by atoms with van der Waals surface area (Å²) in [4.78, 5) is 22.7. The lowest BCUT2D eigenvalue weighted by Gasteiger charge is -2.09. The number of hydrogen-bond acceptors (Lipinski definition) is 4. The first-order valence-electron chi connectivity index (χ1n) is 5.57. The van der Waals surface area contributed by atoms with Crippen LogP contribution in [-0.4, -0.2) is 31.1 Å². The number of carboxylic acids is 1. The van der Waals surface area contributed by atoms with E-state index in [0.717, 1.165) is 5.56 Å². The molecule has 18 heavy (non-hydrogen) atoms. The van der Waals surface area contributed by atoms with Crippen molar-refractivity contribution in [2.75, 3.05) is 14.2 Å². The van der Waals surface area contributed by atoms with E-state index in [4.69, 9.17) is 14.6 Å². The summed E-state index contributed by atoms with van der Waals surface area (Å²) in [6.45, 7) is 0. The highest BCUT2D eigenvalue weighted by molar-refractivity contribution is 6.04. The van der Waals surface area contributed by atoms with E-state index < -0.39 is 11.9 Å². The van der Waals surface area contributed by atoms with E-state index in [1.54, 1.807) is 12.1 Å². The first kappa shape index (κ1) is 12.4. The first-order valence-corrected chi connectivity index (χ1v) is 5.57. The lowest BCUT2D eigenvalue weighted by Crippen LogP contribution is -2.13. The van der Waals surface area contributed by atoms with Gasteiger partial charge in [0.05, 0.1) is 20.6 Å².